The number of nitrogen functional groups attached to an aromatic ring is 1. The van der Waals surface area contributed by atoms with E-state index in [0.717, 1.165) is 17.8 Å². The molecule has 120 valence electrons. The molecule has 5 heteroatoms. The number of rotatable bonds is 8. The summed E-state index contributed by atoms with van der Waals surface area (Å²) in [6.07, 6.45) is 1.18. The van der Waals surface area contributed by atoms with E-state index in [1.165, 1.54) is 0 Å². The first-order valence-electron chi connectivity index (χ1n) is 7.14. The highest BCUT2D eigenvalue weighted by molar-refractivity contribution is 5.85. The quantitative estimate of drug-likeness (QED) is 0.751. The van der Waals surface area contributed by atoms with E-state index < -0.39 is 0 Å². The van der Waals surface area contributed by atoms with Crippen LogP contribution in [0.3, 0.4) is 0 Å². The highest BCUT2D eigenvalue weighted by Crippen LogP contribution is 2.13. The normalized spacial score (nSPS) is 10.3. The Hall–Kier alpha value is -1.26. The summed E-state index contributed by atoms with van der Waals surface area (Å²) in [6, 6.07) is 7.71. The second-order valence-electron chi connectivity index (χ2n) is 5.43. The first-order valence-corrected chi connectivity index (χ1v) is 7.14. The van der Waals surface area contributed by atoms with Gasteiger partial charge >= 0.3 is 0 Å². The summed E-state index contributed by atoms with van der Waals surface area (Å²) in [5.74, 6) is 0.622. The molecule has 1 aromatic carbocycles. The Balaban J connectivity index is 0.00000400. The molecule has 0 aromatic heterocycles. The van der Waals surface area contributed by atoms with Gasteiger partial charge in [0.25, 0.3) is 0 Å². The van der Waals surface area contributed by atoms with E-state index in [1.54, 1.807) is 7.11 Å². The lowest BCUT2D eigenvalue weighted by Crippen LogP contribution is -2.36. The van der Waals surface area contributed by atoms with Gasteiger partial charge in [0.2, 0.25) is 5.91 Å². The van der Waals surface area contributed by atoms with Gasteiger partial charge in [0.1, 0.15) is 0 Å². The van der Waals surface area contributed by atoms with Gasteiger partial charge < -0.3 is 15.4 Å². The van der Waals surface area contributed by atoms with Gasteiger partial charge in [0, 0.05) is 32.3 Å². The van der Waals surface area contributed by atoms with Crippen LogP contribution in [0.25, 0.3) is 0 Å². The van der Waals surface area contributed by atoms with Crippen LogP contribution in [0.5, 0.6) is 0 Å². The van der Waals surface area contributed by atoms with Crippen LogP contribution in [0.4, 0.5) is 5.69 Å². The number of benzene rings is 1. The van der Waals surface area contributed by atoms with Crippen LogP contribution in [0.1, 0.15) is 25.8 Å². The summed E-state index contributed by atoms with van der Waals surface area (Å²) in [6.45, 7) is 6.22. The number of methoxy groups -OCH3 is 1. The van der Waals surface area contributed by atoms with Crippen molar-refractivity contribution in [2.75, 3.05) is 32.5 Å². The highest BCUT2D eigenvalue weighted by atomic mass is 35.5. The van der Waals surface area contributed by atoms with E-state index >= 15 is 0 Å². The zero-order valence-electron chi connectivity index (χ0n) is 13.2. The number of para-hydroxylation sites is 1. The van der Waals surface area contributed by atoms with Crippen molar-refractivity contribution in [3.63, 3.8) is 0 Å². The molecule has 0 aliphatic rings. The summed E-state index contributed by atoms with van der Waals surface area (Å²) in [4.78, 5) is 14.2. The second-order valence-corrected chi connectivity index (χ2v) is 5.43. The van der Waals surface area contributed by atoms with Gasteiger partial charge in [-0.3, -0.25) is 4.79 Å². The number of hydrogen-bond acceptors (Lipinski definition) is 3. The van der Waals surface area contributed by atoms with Gasteiger partial charge in [0.05, 0.1) is 6.61 Å². The fourth-order valence-electron chi connectivity index (χ4n) is 2.12. The molecule has 4 nitrogen and oxygen atoms in total. The minimum absolute atomic E-state index is 0. The van der Waals surface area contributed by atoms with Crippen molar-refractivity contribution in [3.8, 4) is 0 Å². The summed E-state index contributed by atoms with van der Waals surface area (Å²) < 4.78 is 5.07. The standard InChI is InChI=1S/C16H26N2O2.ClH/c1-13(2)12-18(10-11-20-3)16(19)9-8-14-6-4-5-7-15(14)17;/h4-7,13H,8-12,17H2,1-3H3;1H. The topological polar surface area (TPSA) is 55.6 Å². The van der Waals surface area contributed by atoms with Gasteiger partial charge in [-0.1, -0.05) is 32.0 Å². The van der Waals surface area contributed by atoms with Gasteiger partial charge in [-0.15, -0.1) is 12.4 Å². The van der Waals surface area contributed by atoms with E-state index in [2.05, 4.69) is 13.8 Å². The second kappa shape index (κ2) is 10.5. The van der Waals surface area contributed by atoms with Gasteiger partial charge in [0.15, 0.2) is 0 Å². The Morgan fingerprint density at radius 1 is 1.33 bits per heavy atom. The molecule has 0 saturated heterocycles. The van der Waals surface area contributed by atoms with Crippen molar-refractivity contribution in [2.24, 2.45) is 5.92 Å². The van der Waals surface area contributed by atoms with Crippen LogP contribution < -0.4 is 5.73 Å². The molecule has 2 N–H and O–H groups in total. The van der Waals surface area contributed by atoms with Crippen LogP contribution in [0.15, 0.2) is 24.3 Å². The molecule has 0 radical (unpaired) electrons. The number of anilines is 1. The van der Waals surface area contributed by atoms with Crippen molar-refractivity contribution in [1.82, 2.24) is 4.90 Å². The number of nitrogens with zero attached hydrogens (tertiary/aromatic N) is 1. The van der Waals surface area contributed by atoms with Crippen LogP contribution in [0.2, 0.25) is 0 Å². The molecule has 0 spiro atoms. The first kappa shape index (κ1) is 19.7. The fourth-order valence-corrected chi connectivity index (χ4v) is 2.12. The zero-order valence-corrected chi connectivity index (χ0v) is 14.0. The van der Waals surface area contributed by atoms with E-state index in [9.17, 15) is 4.79 Å². The Labute approximate surface area is 134 Å². The summed E-state index contributed by atoms with van der Waals surface area (Å²) in [7, 11) is 1.66. The smallest absolute Gasteiger partial charge is 0.222 e. The Kier molecular flexibility index (Phi) is 9.84. The number of amides is 1. The Morgan fingerprint density at radius 3 is 2.57 bits per heavy atom. The zero-order chi connectivity index (χ0) is 15.0. The van der Waals surface area contributed by atoms with Crippen molar-refractivity contribution >= 4 is 24.0 Å². The average Bonchev–Trinajstić information content (AvgIpc) is 2.41. The summed E-state index contributed by atoms with van der Waals surface area (Å²) in [5.41, 5.74) is 7.69. The lowest BCUT2D eigenvalue weighted by atomic mass is 10.1. The van der Waals surface area contributed by atoms with Crippen molar-refractivity contribution in [1.29, 1.82) is 0 Å². The molecular weight excluding hydrogens is 288 g/mol. The fraction of sp³-hybridized carbons (Fsp3) is 0.562. The first-order chi connectivity index (χ1) is 9.54. The molecule has 0 unspecified atom stereocenters. The molecule has 0 aliphatic carbocycles. The number of hydrogen-bond donors (Lipinski definition) is 1. The van der Waals surface area contributed by atoms with E-state index in [4.69, 9.17) is 10.5 Å². The molecule has 0 aliphatic heterocycles. The monoisotopic (exact) mass is 314 g/mol. The van der Waals surface area contributed by atoms with E-state index in [1.807, 2.05) is 29.2 Å². The molecule has 0 fully saturated rings. The SMILES string of the molecule is COCCN(CC(C)C)C(=O)CCc1ccccc1N.Cl. The maximum absolute atomic E-state index is 12.3. The maximum atomic E-state index is 12.3. The number of nitrogens with two attached hydrogens (primary N) is 1. The van der Waals surface area contributed by atoms with Gasteiger partial charge in [-0.2, -0.15) is 0 Å². The molecule has 1 amide bonds. The highest BCUT2D eigenvalue weighted by Gasteiger charge is 2.14. The van der Waals surface area contributed by atoms with Crippen LogP contribution in [-0.2, 0) is 16.0 Å². The average molecular weight is 315 g/mol. The molecule has 0 atom stereocenters. The Bertz CT molecular complexity index is 424. The van der Waals surface area contributed by atoms with Crippen LogP contribution in [0, 0.1) is 5.92 Å². The number of ether oxygens (including phenoxy) is 1. The minimum Gasteiger partial charge on any atom is -0.399 e. The van der Waals surface area contributed by atoms with E-state index in [0.29, 0.717) is 31.9 Å². The van der Waals surface area contributed by atoms with Crippen molar-refractivity contribution < 1.29 is 9.53 Å². The number of halogens is 1. The third-order valence-electron chi connectivity index (χ3n) is 3.17. The molecule has 0 bridgehead atoms. The predicted octanol–water partition coefficient (Wildman–Crippen LogP) is 2.75. The maximum Gasteiger partial charge on any atom is 0.222 e. The largest absolute Gasteiger partial charge is 0.399 e. The van der Waals surface area contributed by atoms with Crippen LogP contribution in [-0.4, -0.2) is 37.6 Å². The third kappa shape index (κ3) is 7.34. The molecule has 1 aromatic rings. The molecule has 21 heavy (non-hydrogen) atoms. The molecule has 0 saturated carbocycles. The third-order valence-corrected chi connectivity index (χ3v) is 3.17. The Morgan fingerprint density at radius 2 is 2.00 bits per heavy atom. The molecular formula is C16H27ClN2O2. The number of carbonyl (C=O) groups is 1. The minimum atomic E-state index is 0. The predicted molar refractivity (Wildman–Crippen MR) is 89.7 cm³/mol. The van der Waals surface area contributed by atoms with Gasteiger partial charge in [-0.05, 0) is 24.0 Å². The lowest BCUT2D eigenvalue weighted by molar-refractivity contribution is -0.132. The van der Waals surface area contributed by atoms with E-state index in [-0.39, 0.29) is 18.3 Å². The number of aryl methyl sites for hydroxylation is 1. The molecule has 1 rings (SSSR count). The summed E-state index contributed by atoms with van der Waals surface area (Å²) in [5, 5.41) is 0. The van der Waals surface area contributed by atoms with Crippen LogP contribution >= 0.6 is 12.4 Å². The molecule has 0 heterocycles. The van der Waals surface area contributed by atoms with Crippen molar-refractivity contribution in [2.45, 2.75) is 26.7 Å². The van der Waals surface area contributed by atoms with Gasteiger partial charge in [-0.25, -0.2) is 0 Å². The summed E-state index contributed by atoms with van der Waals surface area (Å²) >= 11 is 0. The van der Waals surface area contributed by atoms with Crippen molar-refractivity contribution in [3.05, 3.63) is 29.8 Å². The number of carbonyl (C=O) groups excluding carboxylic acids is 1. The lowest BCUT2D eigenvalue weighted by Gasteiger charge is -2.24.